The maximum absolute atomic E-state index is 10.8. The van der Waals surface area contributed by atoms with Gasteiger partial charge in [-0.25, -0.2) is 0 Å². The largest absolute Gasteiger partial charge is 0.505 e. The molecule has 0 spiro atoms. The Morgan fingerprint density at radius 2 is 1.05 bits per heavy atom. The van der Waals surface area contributed by atoms with E-state index in [1.807, 2.05) is 44.3 Å². The summed E-state index contributed by atoms with van der Waals surface area (Å²) in [5.74, 6) is -0.270. The van der Waals surface area contributed by atoms with Crippen molar-refractivity contribution in [3.63, 3.8) is 0 Å². The van der Waals surface area contributed by atoms with Crippen LogP contribution in [0.3, 0.4) is 0 Å². The van der Waals surface area contributed by atoms with E-state index in [0.717, 1.165) is 72.2 Å². The van der Waals surface area contributed by atoms with E-state index in [9.17, 15) is 10.2 Å². The maximum atomic E-state index is 10.8. The summed E-state index contributed by atoms with van der Waals surface area (Å²) in [6.45, 7) is 33.1. The van der Waals surface area contributed by atoms with Crippen LogP contribution < -0.4 is 16.4 Å². The zero-order chi connectivity index (χ0) is 30.6. The lowest BCUT2D eigenvalue weighted by molar-refractivity contribution is 0.410. The van der Waals surface area contributed by atoms with E-state index in [1.165, 1.54) is 0 Å². The van der Waals surface area contributed by atoms with Crippen molar-refractivity contribution in [2.75, 3.05) is 0 Å². The lowest BCUT2D eigenvalue weighted by Crippen LogP contribution is -2.34. The molecular formula is C36H35B3O2. The topological polar surface area (TPSA) is 40.5 Å². The Balaban J connectivity index is 2.34. The molecule has 0 amide bonds. The standard InChI is InChI=1S/C36H35B3O2/c1-9-22-16-15-17-28(23(22)10-2)20(7)18-19-21(8)29-24(11-3)26(13-5)30(27(14-6)25(29)12-4)31-32(37)34(39)36(41)35(40)33(31)38/h9-19,40-41H,1-8,37-39H2/b19-18-. The predicted molar refractivity (Wildman–Crippen MR) is 194 cm³/mol. The highest BCUT2D eigenvalue weighted by Crippen LogP contribution is 2.41. The van der Waals surface area contributed by atoms with E-state index >= 15 is 0 Å². The van der Waals surface area contributed by atoms with Gasteiger partial charge in [-0.1, -0.05) is 125 Å². The zero-order valence-electron chi connectivity index (χ0n) is 24.4. The average molecular weight is 532 g/mol. The molecule has 0 aliphatic carbocycles. The molecule has 200 valence electrons. The van der Waals surface area contributed by atoms with Crippen molar-refractivity contribution in [1.29, 1.82) is 0 Å². The van der Waals surface area contributed by atoms with Crippen molar-refractivity contribution in [2.24, 2.45) is 0 Å². The van der Waals surface area contributed by atoms with E-state index in [-0.39, 0.29) is 11.5 Å². The minimum atomic E-state index is -0.150. The molecule has 0 radical (unpaired) electrons. The predicted octanol–water partition coefficient (Wildman–Crippen LogP) is 4.68. The van der Waals surface area contributed by atoms with E-state index < -0.39 is 0 Å². The number of allylic oxidation sites excluding steroid dienone is 4. The monoisotopic (exact) mass is 532 g/mol. The van der Waals surface area contributed by atoms with Crippen LogP contribution >= 0.6 is 0 Å². The third kappa shape index (κ3) is 5.19. The lowest BCUT2D eigenvalue weighted by Gasteiger charge is -2.26. The molecule has 3 rings (SSSR count). The molecule has 0 aromatic heterocycles. The third-order valence-corrected chi connectivity index (χ3v) is 7.69. The molecule has 41 heavy (non-hydrogen) atoms. The second-order valence-corrected chi connectivity index (χ2v) is 9.77. The highest BCUT2D eigenvalue weighted by atomic mass is 16.3. The number of phenolic OH excluding ortho intramolecular Hbond substituents is 2. The van der Waals surface area contributed by atoms with E-state index in [0.29, 0.717) is 10.9 Å². The van der Waals surface area contributed by atoms with Gasteiger partial charge in [0.2, 0.25) is 0 Å². The molecule has 3 aromatic rings. The fraction of sp³-hybridized carbons (Fsp3) is 0. The lowest BCUT2D eigenvalue weighted by atomic mass is 9.68. The summed E-state index contributed by atoms with van der Waals surface area (Å²) < 4.78 is 0. The van der Waals surface area contributed by atoms with Crippen LogP contribution in [0.5, 0.6) is 11.5 Å². The Hall–Kier alpha value is -4.89. The van der Waals surface area contributed by atoms with Crippen molar-refractivity contribution in [2.45, 2.75) is 0 Å². The molecule has 5 heteroatoms. The van der Waals surface area contributed by atoms with Crippen molar-refractivity contribution in [1.82, 2.24) is 0 Å². The summed E-state index contributed by atoms with van der Waals surface area (Å²) in [7, 11) is 5.50. The van der Waals surface area contributed by atoms with Crippen LogP contribution in [0.2, 0.25) is 0 Å². The maximum Gasteiger partial charge on any atom is 0.150 e. The van der Waals surface area contributed by atoms with Gasteiger partial charge in [-0.3, -0.25) is 0 Å². The zero-order valence-corrected chi connectivity index (χ0v) is 24.4. The van der Waals surface area contributed by atoms with Crippen LogP contribution in [0.4, 0.5) is 0 Å². The highest BCUT2D eigenvalue weighted by Gasteiger charge is 2.25. The molecule has 2 nitrogen and oxygen atoms in total. The first-order valence-electron chi connectivity index (χ1n) is 13.2. The molecule has 2 N–H and O–H groups in total. The summed E-state index contributed by atoms with van der Waals surface area (Å²) >= 11 is 0. The number of hydrogen-bond donors (Lipinski definition) is 2. The number of hydrogen-bond acceptors (Lipinski definition) is 2. The Kier molecular flexibility index (Phi) is 9.37. The highest BCUT2D eigenvalue weighted by molar-refractivity contribution is 6.56. The van der Waals surface area contributed by atoms with Crippen molar-refractivity contribution < 1.29 is 10.2 Å². The third-order valence-electron chi connectivity index (χ3n) is 7.69. The smallest absolute Gasteiger partial charge is 0.150 e. The van der Waals surface area contributed by atoms with Gasteiger partial charge in [0.05, 0.1) is 0 Å². The first-order valence-corrected chi connectivity index (χ1v) is 13.2. The van der Waals surface area contributed by atoms with E-state index in [2.05, 4.69) is 52.6 Å². The molecule has 0 unspecified atom stereocenters. The van der Waals surface area contributed by atoms with Gasteiger partial charge in [0.15, 0.2) is 5.75 Å². The van der Waals surface area contributed by atoms with Gasteiger partial charge >= 0.3 is 0 Å². The Labute approximate surface area is 247 Å². The second-order valence-electron chi connectivity index (χ2n) is 9.77. The van der Waals surface area contributed by atoms with Crippen LogP contribution in [0.25, 0.3) is 58.7 Å². The van der Waals surface area contributed by atoms with Gasteiger partial charge in [0.1, 0.15) is 29.3 Å². The first kappa shape index (κ1) is 30.7. The molecule has 0 atom stereocenters. The van der Waals surface area contributed by atoms with Crippen molar-refractivity contribution >= 4 is 87.5 Å². The summed E-state index contributed by atoms with van der Waals surface area (Å²) in [4.78, 5) is 0. The van der Waals surface area contributed by atoms with Crippen LogP contribution in [0.15, 0.2) is 83.0 Å². The van der Waals surface area contributed by atoms with Crippen molar-refractivity contribution in [3.05, 3.63) is 127 Å². The number of phenols is 2. The normalized spacial score (nSPS) is 10.6. The SMILES string of the molecule is Bc1c(B)c(-c2c(C=C)c(C=C)c(C(=C)/C=C\C(=C)c3cccc(C=C)c3C=C)c(C=C)c2C=C)c(B)c(O)c1O. The Morgan fingerprint density at radius 1 is 0.561 bits per heavy atom. The molecule has 0 aliphatic heterocycles. The number of aromatic hydroxyl groups is 2. The second kappa shape index (κ2) is 12.5. The first-order chi connectivity index (χ1) is 19.5. The average Bonchev–Trinajstić information content (AvgIpc) is 2.99. The van der Waals surface area contributed by atoms with Crippen LogP contribution in [-0.4, -0.2) is 33.8 Å². The summed E-state index contributed by atoms with van der Waals surface area (Å²) in [6, 6.07) is 5.96. The fourth-order valence-corrected chi connectivity index (χ4v) is 5.43. The minimum Gasteiger partial charge on any atom is -0.505 e. The quantitative estimate of drug-likeness (QED) is 0.214. The van der Waals surface area contributed by atoms with Gasteiger partial charge in [0, 0.05) is 0 Å². The van der Waals surface area contributed by atoms with Crippen LogP contribution in [-0.2, 0) is 0 Å². The van der Waals surface area contributed by atoms with Gasteiger partial charge in [0.25, 0.3) is 0 Å². The molecule has 0 saturated heterocycles. The fourth-order valence-electron chi connectivity index (χ4n) is 5.43. The summed E-state index contributed by atoms with van der Waals surface area (Å²) in [5, 5.41) is 21.3. The van der Waals surface area contributed by atoms with Gasteiger partial charge < -0.3 is 10.2 Å². The van der Waals surface area contributed by atoms with E-state index in [1.54, 1.807) is 46.1 Å². The number of benzene rings is 3. The van der Waals surface area contributed by atoms with Gasteiger partial charge in [-0.2, -0.15) is 0 Å². The molecule has 0 aliphatic rings. The molecule has 0 saturated carbocycles. The van der Waals surface area contributed by atoms with Crippen LogP contribution in [0.1, 0.15) is 44.5 Å². The molecule has 0 heterocycles. The molecule has 3 aromatic carbocycles. The van der Waals surface area contributed by atoms with Gasteiger partial charge in [-0.05, 0) is 77.7 Å². The van der Waals surface area contributed by atoms with Gasteiger partial charge in [-0.15, -0.1) is 0 Å². The molecular weight excluding hydrogens is 497 g/mol. The Bertz CT molecular complexity index is 1650. The van der Waals surface area contributed by atoms with E-state index in [4.69, 9.17) is 0 Å². The summed E-state index contributed by atoms with van der Waals surface area (Å²) in [6.07, 6.45) is 14.6. The minimum absolute atomic E-state index is 0.120. The summed E-state index contributed by atoms with van der Waals surface area (Å²) in [5.41, 5.74) is 12.2. The Morgan fingerprint density at radius 3 is 1.54 bits per heavy atom. The number of rotatable bonds is 11. The molecule has 0 fully saturated rings. The van der Waals surface area contributed by atoms with Crippen LogP contribution in [0, 0.1) is 0 Å². The molecule has 0 bridgehead atoms. The van der Waals surface area contributed by atoms with Crippen molar-refractivity contribution in [3.8, 4) is 22.6 Å².